The first-order valence-corrected chi connectivity index (χ1v) is 9.67. The van der Waals surface area contributed by atoms with E-state index in [0.717, 1.165) is 41.7 Å². The zero-order chi connectivity index (χ0) is 20.4. The van der Waals surface area contributed by atoms with Crippen LogP contribution in [0.15, 0.2) is 48.9 Å². The number of anilines is 2. The van der Waals surface area contributed by atoms with Crippen molar-refractivity contribution in [3.8, 4) is 5.82 Å². The van der Waals surface area contributed by atoms with Gasteiger partial charge in [0.1, 0.15) is 12.1 Å². The predicted octanol–water partition coefficient (Wildman–Crippen LogP) is 2.00. The Balaban J connectivity index is 1.41. The number of amides is 1. The second kappa shape index (κ2) is 7.90. The molecule has 150 valence electrons. The van der Waals surface area contributed by atoms with E-state index in [1.165, 1.54) is 0 Å². The summed E-state index contributed by atoms with van der Waals surface area (Å²) < 4.78 is 1.75. The number of hydrogen-bond donors (Lipinski definition) is 0. The maximum atomic E-state index is 12.8. The fourth-order valence-corrected chi connectivity index (χ4v) is 3.40. The average Bonchev–Trinajstić information content (AvgIpc) is 3.20. The van der Waals surface area contributed by atoms with E-state index in [9.17, 15) is 4.79 Å². The first-order chi connectivity index (χ1) is 14.0. The van der Waals surface area contributed by atoms with Crippen LogP contribution in [0.4, 0.5) is 11.5 Å². The lowest BCUT2D eigenvalue weighted by atomic mass is 10.1. The van der Waals surface area contributed by atoms with E-state index in [1.54, 1.807) is 11.0 Å². The number of carbonyl (C=O) groups excluding carboxylic acids is 1. The maximum Gasteiger partial charge on any atom is 0.253 e. The molecule has 29 heavy (non-hydrogen) atoms. The van der Waals surface area contributed by atoms with Gasteiger partial charge in [-0.05, 0) is 37.3 Å². The van der Waals surface area contributed by atoms with Gasteiger partial charge in [0.25, 0.3) is 5.91 Å². The van der Waals surface area contributed by atoms with E-state index in [2.05, 4.69) is 20.0 Å². The Hall–Kier alpha value is -3.42. The van der Waals surface area contributed by atoms with Gasteiger partial charge in [0.15, 0.2) is 5.82 Å². The van der Waals surface area contributed by atoms with E-state index >= 15 is 0 Å². The molecule has 0 N–H and O–H groups in total. The first-order valence-electron chi connectivity index (χ1n) is 9.67. The molecule has 0 atom stereocenters. The van der Waals surface area contributed by atoms with E-state index in [4.69, 9.17) is 0 Å². The Labute approximate surface area is 170 Å². The highest BCUT2D eigenvalue weighted by Gasteiger charge is 2.23. The van der Waals surface area contributed by atoms with Crippen LogP contribution < -0.4 is 9.80 Å². The van der Waals surface area contributed by atoms with Crippen LogP contribution in [-0.4, -0.2) is 70.8 Å². The van der Waals surface area contributed by atoms with Crippen LogP contribution in [-0.2, 0) is 0 Å². The molecule has 3 heterocycles. The van der Waals surface area contributed by atoms with Crippen molar-refractivity contribution in [2.45, 2.75) is 6.92 Å². The molecule has 0 radical (unpaired) electrons. The SMILES string of the molecule is Cc1ccn(-c2cc(N3CCN(C(=O)c4ccc(N(C)C)cc4)CC3)ncn2)n1. The molecule has 8 nitrogen and oxygen atoms in total. The number of nitrogens with zero attached hydrogens (tertiary/aromatic N) is 7. The molecule has 1 aromatic carbocycles. The Morgan fingerprint density at radius 2 is 1.66 bits per heavy atom. The number of rotatable bonds is 4. The molecular formula is C21H25N7O. The molecule has 0 saturated carbocycles. The summed E-state index contributed by atoms with van der Waals surface area (Å²) in [6, 6.07) is 11.6. The Kier molecular flexibility index (Phi) is 5.16. The van der Waals surface area contributed by atoms with Crippen molar-refractivity contribution in [1.29, 1.82) is 0 Å². The number of piperazine rings is 1. The van der Waals surface area contributed by atoms with Gasteiger partial charge in [0, 0.05) is 63.8 Å². The Morgan fingerprint density at radius 3 is 2.28 bits per heavy atom. The first kappa shape index (κ1) is 18.9. The van der Waals surface area contributed by atoms with Crippen LogP contribution in [0.2, 0.25) is 0 Å². The summed E-state index contributed by atoms with van der Waals surface area (Å²) in [6.45, 7) is 4.73. The molecule has 1 fully saturated rings. The van der Waals surface area contributed by atoms with E-state index < -0.39 is 0 Å². The number of aryl methyl sites for hydroxylation is 1. The smallest absolute Gasteiger partial charge is 0.253 e. The summed E-state index contributed by atoms with van der Waals surface area (Å²) in [5.41, 5.74) is 2.75. The molecule has 1 aliphatic heterocycles. The summed E-state index contributed by atoms with van der Waals surface area (Å²) in [5.74, 6) is 1.67. The molecule has 8 heteroatoms. The van der Waals surface area contributed by atoms with Gasteiger partial charge in [-0.15, -0.1) is 0 Å². The van der Waals surface area contributed by atoms with Crippen LogP contribution in [0, 0.1) is 6.92 Å². The third-order valence-electron chi connectivity index (χ3n) is 5.12. The minimum Gasteiger partial charge on any atom is -0.378 e. The van der Waals surface area contributed by atoms with Gasteiger partial charge in [-0.3, -0.25) is 4.79 Å². The topological polar surface area (TPSA) is 70.4 Å². The molecule has 0 unspecified atom stereocenters. The number of hydrogen-bond acceptors (Lipinski definition) is 6. The van der Waals surface area contributed by atoms with Gasteiger partial charge < -0.3 is 14.7 Å². The average molecular weight is 391 g/mol. The molecule has 1 amide bonds. The zero-order valence-corrected chi connectivity index (χ0v) is 17.0. The number of carbonyl (C=O) groups is 1. The molecule has 0 bridgehead atoms. The van der Waals surface area contributed by atoms with Gasteiger partial charge >= 0.3 is 0 Å². The summed E-state index contributed by atoms with van der Waals surface area (Å²) in [5, 5.41) is 4.40. The highest BCUT2D eigenvalue weighted by molar-refractivity contribution is 5.94. The fraction of sp³-hybridized carbons (Fsp3) is 0.333. The largest absolute Gasteiger partial charge is 0.378 e. The molecule has 2 aromatic heterocycles. The lowest BCUT2D eigenvalue weighted by molar-refractivity contribution is 0.0746. The molecule has 3 aromatic rings. The van der Waals surface area contributed by atoms with E-state index in [0.29, 0.717) is 13.1 Å². The van der Waals surface area contributed by atoms with Crippen molar-refractivity contribution in [2.24, 2.45) is 0 Å². The second-order valence-corrected chi connectivity index (χ2v) is 7.36. The summed E-state index contributed by atoms with van der Waals surface area (Å²) >= 11 is 0. The molecule has 0 aliphatic carbocycles. The minimum absolute atomic E-state index is 0.0744. The van der Waals surface area contributed by atoms with Crippen molar-refractivity contribution in [3.63, 3.8) is 0 Å². The van der Waals surface area contributed by atoms with Gasteiger partial charge in [0.2, 0.25) is 0 Å². The zero-order valence-electron chi connectivity index (χ0n) is 17.0. The standard InChI is InChI=1S/C21H25N7O/c1-16-8-9-28(24-16)20-14-19(22-15-23-20)26-10-12-27(13-11-26)21(29)17-4-6-18(7-5-17)25(2)3/h4-9,14-15H,10-13H2,1-3H3. The van der Waals surface area contributed by atoms with Crippen LogP contribution >= 0.6 is 0 Å². The minimum atomic E-state index is 0.0744. The predicted molar refractivity (Wildman–Crippen MR) is 113 cm³/mol. The summed E-state index contributed by atoms with van der Waals surface area (Å²) in [4.78, 5) is 27.7. The number of benzene rings is 1. The van der Waals surface area contributed by atoms with E-state index in [-0.39, 0.29) is 5.91 Å². The molecule has 4 rings (SSSR count). The molecular weight excluding hydrogens is 366 g/mol. The van der Waals surface area contributed by atoms with Crippen molar-refractivity contribution in [3.05, 3.63) is 60.2 Å². The second-order valence-electron chi connectivity index (χ2n) is 7.36. The van der Waals surface area contributed by atoms with Crippen molar-refractivity contribution in [2.75, 3.05) is 50.1 Å². The molecule has 1 aliphatic rings. The van der Waals surface area contributed by atoms with Crippen LogP contribution in [0.1, 0.15) is 16.1 Å². The normalized spacial score (nSPS) is 14.2. The Bertz CT molecular complexity index is 988. The summed E-state index contributed by atoms with van der Waals surface area (Å²) in [7, 11) is 3.98. The van der Waals surface area contributed by atoms with Crippen molar-refractivity contribution < 1.29 is 4.79 Å². The quantitative estimate of drug-likeness (QED) is 0.678. The highest BCUT2D eigenvalue weighted by atomic mass is 16.2. The maximum absolute atomic E-state index is 12.8. The lowest BCUT2D eigenvalue weighted by Gasteiger charge is -2.35. The highest BCUT2D eigenvalue weighted by Crippen LogP contribution is 2.18. The van der Waals surface area contributed by atoms with Crippen LogP contribution in [0.25, 0.3) is 5.82 Å². The number of aromatic nitrogens is 4. The third-order valence-corrected chi connectivity index (χ3v) is 5.12. The summed E-state index contributed by atoms with van der Waals surface area (Å²) in [6.07, 6.45) is 3.45. The van der Waals surface area contributed by atoms with Gasteiger partial charge in [-0.2, -0.15) is 5.10 Å². The van der Waals surface area contributed by atoms with E-state index in [1.807, 2.05) is 73.4 Å². The Morgan fingerprint density at radius 1 is 0.966 bits per heavy atom. The van der Waals surface area contributed by atoms with Crippen LogP contribution in [0.5, 0.6) is 0 Å². The lowest BCUT2D eigenvalue weighted by Crippen LogP contribution is -2.49. The molecule has 1 saturated heterocycles. The monoisotopic (exact) mass is 391 g/mol. The fourth-order valence-electron chi connectivity index (χ4n) is 3.40. The third kappa shape index (κ3) is 4.06. The molecule has 0 spiro atoms. The van der Waals surface area contributed by atoms with Gasteiger partial charge in [0.05, 0.1) is 5.69 Å². The van der Waals surface area contributed by atoms with Gasteiger partial charge in [-0.1, -0.05) is 0 Å². The van der Waals surface area contributed by atoms with Crippen LogP contribution in [0.3, 0.4) is 0 Å². The van der Waals surface area contributed by atoms with Gasteiger partial charge in [-0.25, -0.2) is 14.6 Å². The van der Waals surface area contributed by atoms with Crippen molar-refractivity contribution in [1.82, 2.24) is 24.6 Å². The van der Waals surface area contributed by atoms with Crippen molar-refractivity contribution >= 4 is 17.4 Å².